The zero-order valence-electron chi connectivity index (χ0n) is 18.0. The van der Waals surface area contributed by atoms with E-state index in [1.807, 2.05) is 24.3 Å². The summed E-state index contributed by atoms with van der Waals surface area (Å²) in [5.41, 5.74) is 2.86. The summed E-state index contributed by atoms with van der Waals surface area (Å²) in [5, 5.41) is 4.12. The highest BCUT2D eigenvalue weighted by Gasteiger charge is 2.13. The van der Waals surface area contributed by atoms with E-state index in [2.05, 4.69) is 15.3 Å². The number of H-pyrrole nitrogens is 1. The van der Waals surface area contributed by atoms with Gasteiger partial charge in [0.2, 0.25) is 0 Å². The average molecular weight is 451 g/mol. The molecule has 2 N–H and O–H groups in total. The molecule has 0 aliphatic rings. The third-order valence-corrected chi connectivity index (χ3v) is 5.02. The number of benzene rings is 2. The third-order valence-electron chi connectivity index (χ3n) is 5.02. The number of para-hydroxylation sites is 1. The zero-order valence-corrected chi connectivity index (χ0v) is 18.0. The van der Waals surface area contributed by atoms with Crippen LogP contribution >= 0.6 is 0 Å². The summed E-state index contributed by atoms with van der Waals surface area (Å²) in [7, 11) is 0. The van der Waals surface area contributed by atoms with E-state index in [1.165, 1.54) is 12.1 Å². The maximum atomic E-state index is 14.0. The highest BCUT2D eigenvalue weighted by Crippen LogP contribution is 2.26. The van der Waals surface area contributed by atoms with Crippen molar-refractivity contribution in [2.75, 3.05) is 19.8 Å². The van der Waals surface area contributed by atoms with Gasteiger partial charge in [0.05, 0.1) is 12.1 Å². The first-order valence-electron chi connectivity index (χ1n) is 10.6. The summed E-state index contributed by atoms with van der Waals surface area (Å²) in [6.45, 7) is 3.52. The van der Waals surface area contributed by atoms with E-state index in [1.54, 1.807) is 25.4 Å². The van der Waals surface area contributed by atoms with Crippen molar-refractivity contribution < 1.29 is 23.0 Å². The second-order valence-corrected chi connectivity index (χ2v) is 7.36. The molecule has 0 saturated heterocycles. The van der Waals surface area contributed by atoms with E-state index in [-0.39, 0.29) is 0 Å². The van der Waals surface area contributed by atoms with Gasteiger partial charge in [-0.25, -0.2) is 13.6 Å². The summed E-state index contributed by atoms with van der Waals surface area (Å²) in [6, 6.07) is 12.6. The number of nitrogens with zero attached hydrogens (tertiary/aromatic N) is 1. The Kier molecular flexibility index (Phi) is 6.95. The van der Waals surface area contributed by atoms with Crippen molar-refractivity contribution in [3.8, 4) is 16.9 Å². The minimum Gasteiger partial charge on any atom is -0.490 e. The van der Waals surface area contributed by atoms with Crippen LogP contribution < -0.4 is 10.1 Å². The lowest BCUT2D eigenvalue weighted by molar-refractivity contribution is 0.0520. The summed E-state index contributed by atoms with van der Waals surface area (Å²) in [5.74, 6) is -1.01. The van der Waals surface area contributed by atoms with E-state index in [9.17, 15) is 13.6 Å². The predicted octanol–water partition coefficient (Wildman–Crippen LogP) is 4.85. The maximum Gasteiger partial charge on any atom is 0.354 e. The smallest absolute Gasteiger partial charge is 0.354 e. The van der Waals surface area contributed by atoms with Crippen LogP contribution in [0.4, 0.5) is 8.78 Å². The maximum absolute atomic E-state index is 14.0. The molecular formula is C25H23F2N3O3. The number of pyridine rings is 1. The van der Waals surface area contributed by atoms with Crippen molar-refractivity contribution in [3.05, 3.63) is 83.8 Å². The predicted molar refractivity (Wildman–Crippen MR) is 121 cm³/mol. The van der Waals surface area contributed by atoms with Gasteiger partial charge in [0, 0.05) is 48.1 Å². The van der Waals surface area contributed by atoms with Gasteiger partial charge in [0.15, 0.2) is 0 Å². The topological polar surface area (TPSA) is 76.2 Å². The third kappa shape index (κ3) is 5.35. The second-order valence-electron chi connectivity index (χ2n) is 7.36. The van der Waals surface area contributed by atoms with Gasteiger partial charge in [-0.15, -0.1) is 0 Å². The molecule has 4 aromatic rings. The first-order valence-corrected chi connectivity index (χ1v) is 10.6. The molecule has 2 aromatic carbocycles. The van der Waals surface area contributed by atoms with Crippen LogP contribution in [-0.4, -0.2) is 35.7 Å². The average Bonchev–Trinajstić information content (AvgIpc) is 3.25. The lowest BCUT2D eigenvalue weighted by Gasteiger charge is -2.10. The molecule has 2 aromatic heterocycles. The molecule has 2 heterocycles. The van der Waals surface area contributed by atoms with Crippen LogP contribution in [0.3, 0.4) is 0 Å². The minimum absolute atomic E-state index is 0.301. The van der Waals surface area contributed by atoms with E-state index in [0.717, 1.165) is 22.5 Å². The Bertz CT molecular complexity index is 1270. The Balaban J connectivity index is 1.33. The van der Waals surface area contributed by atoms with Crippen molar-refractivity contribution in [1.29, 1.82) is 0 Å². The van der Waals surface area contributed by atoms with Crippen LogP contribution in [0, 0.1) is 11.6 Å². The van der Waals surface area contributed by atoms with Crippen molar-refractivity contribution >= 4 is 16.9 Å². The summed E-state index contributed by atoms with van der Waals surface area (Å²) in [4.78, 5) is 19.2. The highest BCUT2D eigenvalue weighted by molar-refractivity contribution is 5.96. The van der Waals surface area contributed by atoms with Gasteiger partial charge in [-0.3, -0.25) is 4.98 Å². The standard InChI is InChI=1S/C25H23F2N3O3/c1-2-32-25(31)22-11-17-4-3-5-23(24(17)30-22)33-9-8-28-13-16-10-18(15-29-14-16)20-7-6-19(26)12-21(20)27/h3-7,10-12,14-15,28,30H,2,8-9,13H2,1H3. The van der Waals surface area contributed by atoms with Gasteiger partial charge in [0.25, 0.3) is 0 Å². The van der Waals surface area contributed by atoms with Crippen molar-refractivity contribution in [2.45, 2.75) is 13.5 Å². The molecular weight excluding hydrogens is 428 g/mol. The second kappa shape index (κ2) is 10.2. The molecule has 8 heteroatoms. The Labute approximate surface area is 189 Å². The lowest BCUT2D eigenvalue weighted by Crippen LogP contribution is -2.20. The Hall–Kier alpha value is -3.78. The van der Waals surface area contributed by atoms with Crippen LogP contribution in [-0.2, 0) is 11.3 Å². The molecule has 0 spiro atoms. The fourth-order valence-electron chi connectivity index (χ4n) is 3.49. The van der Waals surface area contributed by atoms with E-state index < -0.39 is 17.6 Å². The lowest BCUT2D eigenvalue weighted by atomic mass is 10.1. The van der Waals surface area contributed by atoms with Gasteiger partial charge in [-0.2, -0.15) is 0 Å². The number of nitrogens with one attached hydrogen (secondary N) is 2. The van der Waals surface area contributed by atoms with E-state index in [0.29, 0.717) is 48.9 Å². The molecule has 0 bridgehead atoms. The number of rotatable bonds is 9. The number of aromatic nitrogens is 2. The van der Waals surface area contributed by atoms with Crippen molar-refractivity contribution in [1.82, 2.24) is 15.3 Å². The number of ether oxygens (including phenoxy) is 2. The molecule has 0 atom stereocenters. The first kappa shape index (κ1) is 22.4. The minimum atomic E-state index is -0.625. The van der Waals surface area contributed by atoms with Gasteiger partial charge in [-0.1, -0.05) is 12.1 Å². The molecule has 0 fully saturated rings. The Morgan fingerprint density at radius 1 is 1.12 bits per heavy atom. The van der Waals surface area contributed by atoms with Gasteiger partial charge >= 0.3 is 5.97 Å². The van der Waals surface area contributed by atoms with Crippen molar-refractivity contribution in [2.24, 2.45) is 0 Å². The fraction of sp³-hybridized carbons (Fsp3) is 0.200. The Morgan fingerprint density at radius 2 is 2.00 bits per heavy atom. The molecule has 4 rings (SSSR count). The van der Waals surface area contributed by atoms with Crippen LogP contribution in [0.1, 0.15) is 23.0 Å². The van der Waals surface area contributed by atoms with E-state index in [4.69, 9.17) is 9.47 Å². The summed E-state index contributed by atoms with van der Waals surface area (Å²) in [6.07, 6.45) is 3.24. The highest BCUT2D eigenvalue weighted by atomic mass is 19.1. The van der Waals surface area contributed by atoms with Crippen LogP contribution in [0.5, 0.6) is 5.75 Å². The van der Waals surface area contributed by atoms with E-state index >= 15 is 0 Å². The van der Waals surface area contributed by atoms with Gasteiger partial charge in [-0.05, 0) is 42.8 Å². The fourth-order valence-corrected chi connectivity index (χ4v) is 3.49. The Morgan fingerprint density at radius 3 is 2.82 bits per heavy atom. The van der Waals surface area contributed by atoms with Crippen LogP contribution in [0.15, 0.2) is 60.9 Å². The number of hydrogen-bond acceptors (Lipinski definition) is 5. The quantitative estimate of drug-likeness (QED) is 0.281. The molecule has 0 radical (unpaired) electrons. The molecule has 170 valence electrons. The summed E-state index contributed by atoms with van der Waals surface area (Å²) >= 11 is 0. The SMILES string of the molecule is CCOC(=O)c1cc2cccc(OCCNCc3cncc(-c4ccc(F)cc4F)c3)c2[nH]1. The number of carbonyl (C=O) groups excluding carboxylic acids is 1. The van der Waals surface area contributed by atoms with Gasteiger partial charge in [0.1, 0.15) is 29.7 Å². The number of hydrogen-bond donors (Lipinski definition) is 2. The van der Waals surface area contributed by atoms with Crippen LogP contribution in [0.2, 0.25) is 0 Å². The van der Waals surface area contributed by atoms with Crippen molar-refractivity contribution in [3.63, 3.8) is 0 Å². The molecule has 6 nitrogen and oxygen atoms in total. The molecule has 33 heavy (non-hydrogen) atoms. The first-order chi connectivity index (χ1) is 16.0. The number of halogens is 2. The molecule has 0 amide bonds. The number of esters is 1. The van der Waals surface area contributed by atoms with Gasteiger partial charge < -0.3 is 19.8 Å². The largest absolute Gasteiger partial charge is 0.490 e. The molecule has 0 aliphatic carbocycles. The molecule has 0 aliphatic heterocycles. The number of aromatic amines is 1. The number of fused-ring (bicyclic) bond motifs is 1. The molecule has 0 unspecified atom stereocenters. The van der Waals surface area contributed by atoms with Crippen LogP contribution in [0.25, 0.3) is 22.0 Å². The summed E-state index contributed by atoms with van der Waals surface area (Å²) < 4.78 is 38.1. The number of carbonyl (C=O) groups is 1. The monoisotopic (exact) mass is 451 g/mol. The zero-order chi connectivity index (χ0) is 23.2. The normalized spacial score (nSPS) is 11.0. The molecule has 0 saturated carbocycles.